The van der Waals surface area contributed by atoms with Crippen molar-refractivity contribution in [2.45, 2.75) is 0 Å². The molecule has 136 valence electrons. The number of carbonyl (C=O) groups is 2. The van der Waals surface area contributed by atoms with Crippen LogP contribution >= 0.6 is 0 Å². The Morgan fingerprint density at radius 2 is 1.33 bits per heavy atom. The number of piperazine rings is 1. The van der Waals surface area contributed by atoms with Gasteiger partial charge in [0.2, 0.25) is 0 Å². The van der Waals surface area contributed by atoms with Gasteiger partial charge in [-0.05, 0) is 29.3 Å². The average Bonchev–Trinajstić information content (AvgIpc) is 3.28. The lowest BCUT2D eigenvalue weighted by molar-refractivity contribution is 0.0535. The second-order valence-electron chi connectivity index (χ2n) is 6.63. The van der Waals surface area contributed by atoms with Gasteiger partial charge in [-0.1, -0.05) is 42.5 Å². The first-order valence-corrected chi connectivity index (χ1v) is 9.09. The van der Waals surface area contributed by atoms with Gasteiger partial charge < -0.3 is 14.8 Å². The van der Waals surface area contributed by atoms with Gasteiger partial charge in [-0.2, -0.15) is 0 Å². The smallest absolute Gasteiger partial charge is 0.255 e. The molecule has 5 heteroatoms. The van der Waals surface area contributed by atoms with Gasteiger partial charge in [-0.25, -0.2) is 0 Å². The minimum Gasteiger partial charge on any atom is -0.367 e. The number of carbonyl (C=O) groups excluding carboxylic acids is 2. The van der Waals surface area contributed by atoms with E-state index >= 15 is 0 Å². The summed E-state index contributed by atoms with van der Waals surface area (Å²) < 4.78 is 0. The number of aromatic amines is 1. The van der Waals surface area contributed by atoms with Gasteiger partial charge in [-0.15, -0.1) is 0 Å². The fourth-order valence-electron chi connectivity index (χ4n) is 3.40. The van der Waals surface area contributed by atoms with E-state index in [1.54, 1.807) is 23.4 Å². The summed E-state index contributed by atoms with van der Waals surface area (Å²) in [6.07, 6.45) is 3.45. The fraction of sp³-hybridized carbons (Fsp3) is 0.182. The Balaban J connectivity index is 1.43. The molecule has 1 aliphatic heterocycles. The Kier molecular flexibility index (Phi) is 4.75. The van der Waals surface area contributed by atoms with E-state index in [1.807, 2.05) is 59.5 Å². The monoisotopic (exact) mass is 359 g/mol. The van der Waals surface area contributed by atoms with Crippen molar-refractivity contribution in [2.75, 3.05) is 26.2 Å². The Hall–Kier alpha value is -3.34. The lowest BCUT2D eigenvalue weighted by Gasteiger charge is -2.34. The predicted molar refractivity (Wildman–Crippen MR) is 104 cm³/mol. The predicted octanol–water partition coefficient (Wildman–Crippen LogP) is 3.28. The molecule has 2 heterocycles. The highest BCUT2D eigenvalue weighted by Gasteiger charge is 2.25. The van der Waals surface area contributed by atoms with Crippen LogP contribution in [-0.2, 0) is 0 Å². The molecule has 0 bridgehead atoms. The molecular weight excluding hydrogens is 338 g/mol. The Morgan fingerprint density at radius 1 is 0.704 bits per heavy atom. The number of hydrogen-bond donors (Lipinski definition) is 1. The van der Waals surface area contributed by atoms with Crippen molar-refractivity contribution in [1.29, 1.82) is 0 Å². The second kappa shape index (κ2) is 7.50. The maximum absolute atomic E-state index is 12.9. The first kappa shape index (κ1) is 17.1. The molecule has 0 spiro atoms. The third-order valence-electron chi connectivity index (χ3n) is 4.92. The molecule has 0 saturated carbocycles. The fourth-order valence-corrected chi connectivity index (χ4v) is 3.40. The van der Waals surface area contributed by atoms with Crippen LogP contribution in [-0.4, -0.2) is 52.8 Å². The summed E-state index contributed by atoms with van der Waals surface area (Å²) in [6, 6.07) is 19.5. The largest absolute Gasteiger partial charge is 0.367 e. The van der Waals surface area contributed by atoms with E-state index < -0.39 is 0 Å². The number of benzene rings is 2. The highest BCUT2D eigenvalue weighted by molar-refractivity contribution is 5.96. The van der Waals surface area contributed by atoms with Gasteiger partial charge in [0.05, 0.1) is 5.56 Å². The highest BCUT2D eigenvalue weighted by atomic mass is 16.2. The molecule has 2 aromatic carbocycles. The van der Waals surface area contributed by atoms with E-state index in [9.17, 15) is 9.59 Å². The van der Waals surface area contributed by atoms with Gasteiger partial charge in [0.1, 0.15) is 0 Å². The molecule has 27 heavy (non-hydrogen) atoms. The van der Waals surface area contributed by atoms with E-state index in [-0.39, 0.29) is 11.8 Å². The number of amides is 2. The van der Waals surface area contributed by atoms with Crippen molar-refractivity contribution in [2.24, 2.45) is 0 Å². The first-order chi connectivity index (χ1) is 13.2. The molecule has 0 aliphatic carbocycles. The zero-order chi connectivity index (χ0) is 18.6. The van der Waals surface area contributed by atoms with E-state index in [0.717, 1.165) is 11.1 Å². The summed E-state index contributed by atoms with van der Waals surface area (Å²) in [5, 5.41) is 0. The summed E-state index contributed by atoms with van der Waals surface area (Å²) in [5.41, 5.74) is 3.46. The third-order valence-corrected chi connectivity index (χ3v) is 4.92. The molecule has 0 atom stereocenters. The molecule has 1 saturated heterocycles. The number of rotatable bonds is 3. The Bertz CT molecular complexity index is 927. The van der Waals surface area contributed by atoms with E-state index in [2.05, 4.69) is 4.98 Å². The van der Waals surface area contributed by atoms with Gasteiger partial charge in [-0.3, -0.25) is 9.59 Å². The van der Waals surface area contributed by atoms with Crippen LogP contribution in [0, 0.1) is 0 Å². The molecule has 0 radical (unpaired) electrons. The third kappa shape index (κ3) is 3.62. The summed E-state index contributed by atoms with van der Waals surface area (Å²) in [7, 11) is 0. The van der Waals surface area contributed by atoms with Crippen LogP contribution < -0.4 is 0 Å². The van der Waals surface area contributed by atoms with Crippen LogP contribution in [0.25, 0.3) is 11.1 Å². The van der Waals surface area contributed by atoms with Crippen LogP contribution in [0.5, 0.6) is 0 Å². The first-order valence-electron chi connectivity index (χ1n) is 9.09. The molecule has 4 rings (SSSR count). The van der Waals surface area contributed by atoms with Gasteiger partial charge in [0.15, 0.2) is 0 Å². The number of hydrogen-bond acceptors (Lipinski definition) is 2. The van der Waals surface area contributed by atoms with E-state index in [1.165, 1.54) is 0 Å². The van der Waals surface area contributed by atoms with Crippen molar-refractivity contribution >= 4 is 11.8 Å². The summed E-state index contributed by atoms with van der Waals surface area (Å²) >= 11 is 0. The van der Waals surface area contributed by atoms with Crippen molar-refractivity contribution < 1.29 is 9.59 Å². The van der Waals surface area contributed by atoms with Gasteiger partial charge >= 0.3 is 0 Å². The standard InChI is InChI=1S/C22H21N3O2/c26-21(19-8-4-7-18(15-19)17-5-2-1-3-6-17)24-11-13-25(14-12-24)22(27)20-9-10-23-16-20/h1-10,15-16,23H,11-14H2. The Labute approximate surface area is 158 Å². The topological polar surface area (TPSA) is 56.4 Å². The van der Waals surface area contributed by atoms with E-state index in [0.29, 0.717) is 37.3 Å². The minimum atomic E-state index is 0.00873. The maximum atomic E-state index is 12.9. The highest BCUT2D eigenvalue weighted by Crippen LogP contribution is 2.21. The van der Waals surface area contributed by atoms with Crippen molar-refractivity contribution in [3.8, 4) is 11.1 Å². The van der Waals surface area contributed by atoms with Crippen LogP contribution in [0.2, 0.25) is 0 Å². The number of nitrogens with one attached hydrogen (secondary N) is 1. The molecule has 3 aromatic rings. The molecule has 0 unspecified atom stereocenters. The van der Waals surface area contributed by atoms with Crippen LogP contribution in [0.1, 0.15) is 20.7 Å². The van der Waals surface area contributed by atoms with Crippen LogP contribution in [0.4, 0.5) is 0 Å². The maximum Gasteiger partial charge on any atom is 0.255 e. The SMILES string of the molecule is O=C(c1cc[nH]c1)N1CCN(C(=O)c2cccc(-c3ccccc3)c2)CC1. The normalized spacial score (nSPS) is 14.2. The molecule has 1 aliphatic rings. The molecule has 1 N–H and O–H groups in total. The number of nitrogens with zero attached hydrogens (tertiary/aromatic N) is 2. The lowest BCUT2D eigenvalue weighted by Crippen LogP contribution is -2.50. The molecule has 1 fully saturated rings. The quantitative estimate of drug-likeness (QED) is 0.780. The van der Waals surface area contributed by atoms with E-state index in [4.69, 9.17) is 0 Å². The molecule has 5 nitrogen and oxygen atoms in total. The average molecular weight is 359 g/mol. The van der Waals surface area contributed by atoms with Crippen LogP contribution in [0.3, 0.4) is 0 Å². The molecule has 2 amide bonds. The minimum absolute atomic E-state index is 0.00873. The lowest BCUT2D eigenvalue weighted by atomic mass is 10.0. The molecule has 1 aromatic heterocycles. The summed E-state index contributed by atoms with van der Waals surface area (Å²) in [6.45, 7) is 2.19. The zero-order valence-corrected chi connectivity index (χ0v) is 15.0. The molecular formula is C22H21N3O2. The summed E-state index contributed by atoms with van der Waals surface area (Å²) in [5.74, 6) is 0.0240. The Morgan fingerprint density at radius 3 is 1.96 bits per heavy atom. The number of aromatic nitrogens is 1. The van der Waals surface area contributed by atoms with Crippen molar-refractivity contribution in [3.63, 3.8) is 0 Å². The van der Waals surface area contributed by atoms with Gasteiger partial charge in [0.25, 0.3) is 11.8 Å². The second-order valence-corrected chi connectivity index (χ2v) is 6.63. The zero-order valence-electron chi connectivity index (χ0n) is 15.0. The van der Waals surface area contributed by atoms with Gasteiger partial charge in [0, 0.05) is 44.1 Å². The number of H-pyrrole nitrogens is 1. The van der Waals surface area contributed by atoms with Crippen molar-refractivity contribution in [3.05, 3.63) is 84.2 Å². The van der Waals surface area contributed by atoms with Crippen molar-refractivity contribution in [1.82, 2.24) is 14.8 Å². The summed E-state index contributed by atoms with van der Waals surface area (Å²) in [4.78, 5) is 31.8. The van der Waals surface area contributed by atoms with Crippen LogP contribution in [0.15, 0.2) is 73.1 Å².